The first kappa shape index (κ1) is 59.6. The number of aryl methyl sites for hydroxylation is 3. The van der Waals surface area contributed by atoms with E-state index in [1.54, 1.807) is 17.4 Å². The summed E-state index contributed by atoms with van der Waals surface area (Å²) < 4.78 is 0. The van der Waals surface area contributed by atoms with Crippen LogP contribution in [0.4, 0.5) is 22.5 Å². The van der Waals surface area contributed by atoms with Crippen LogP contribution in [-0.2, 0) is 25.7 Å². The lowest BCUT2D eigenvalue weighted by Crippen LogP contribution is -2.57. The van der Waals surface area contributed by atoms with Crippen molar-refractivity contribution in [3.8, 4) is 10.4 Å². The van der Waals surface area contributed by atoms with Crippen molar-refractivity contribution >= 4 is 86.3 Å². The summed E-state index contributed by atoms with van der Waals surface area (Å²) >= 11 is 9.11. The third kappa shape index (κ3) is 17.2. The molecule has 78 heavy (non-hydrogen) atoms. The van der Waals surface area contributed by atoms with Gasteiger partial charge in [-0.2, -0.15) is 0 Å². The average Bonchev–Trinajstić information content (AvgIpc) is 4.22. The molecular formula is C58H78ClN11O6S2. The number of thiazole rings is 2. The van der Waals surface area contributed by atoms with Crippen LogP contribution in [0.15, 0.2) is 60.2 Å². The number of aromatic nitrogens is 4. The average molecular weight is 1120 g/mol. The van der Waals surface area contributed by atoms with E-state index in [1.165, 1.54) is 54.5 Å². The van der Waals surface area contributed by atoms with Gasteiger partial charge in [0.25, 0.3) is 5.91 Å². The Balaban J connectivity index is 0.703. The van der Waals surface area contributed by atoms with Gasteiger partial charge in [0.1, 0.15) is 34.4 Å². The minimum absolute atomic E-state index is 0.0389. The Bertz CT molecular complexity index is 2790. The van der Waals surface area contributed by atoms with Crippen LogP contribution in [0, 0.1) is 26.2 Å². The zero-order valence-corrected chi connectivity index (χ0v) is 48.6. The summed E-state index contributed by atoms with van der Waals surface area (Å²) in [5.41, 5.74) is 5.62. The van der Waals surface area contributed by atoms with Crippen LogP contribution in [0.5, 0.6) is 0 Å². The molecule has 0 spiro atoms. The molecule has 0 radical (unpaired) electrons. The highest BCUT2D eigenvalue weighted by atomic mass is 35.5. The number of hydrogen-bond donors (Lipinski definition) is 5. The van der Waals surface area contributed by atoms with E-state index < -0.39 is 23.6 Å². The minimum atomic E-state index is -0.839. The van der Waals surface area contributed by atoms with Gasteiger partial charge in [-0.25, -0.2) is 19.9 Å². The number of β-amino-alcohol motifs (C(OH)–C–C–N with tert-alkyl or cyclic N) is 1. The van der Waals surface area contributed by atoms with Crippen molar-refractivity contribution in [3.63, 3.8) is 0 Å². The SMILES string of the molecule is Cc1nc(Nc2ncc(C(=O)Nc3c(C)cccc3Cl)s2)cc(N2CCN(C(=O)CCCCCCCCCCCCCCC(=O)NC(C(=O)N3C[C@H](O)C[C@H]3C(=O)NCc3ccc(-c4scnc4C)cc3)C(C)(C)C)CC2)n1. The molecule has 2 aliphatic rings. The number of anilines is 4. The van der Waals surface area contributed by atoms with Gasteiger partial charge in [-0.1, -0.05) is 144 Å². The van der Waals surface area contributed by atoms with E-state index in [4.69, 9.17) is 11.6 Å². The second-order valence-corrected chi connectivity index (χ2v) is 24.0. The molecule has 20 heteroatoms. The number of benzene rings is 2. The van der Waals surface area contributed by atoms with Crippen molar-refractivity contribution in [2.75, 3.05) is 48.3 Å². The number of aliphatic hydroxyl groups is 1. The number of carbonyl (C=O) groups excluding carboxylic acids is 5. The highest BCUT2D eigenvalue weighted by Gasteiger charge is 2.44. The van der Waals surface area contributed by atoms with Crippen molar-refractivity contribution in [3.05, 3.63) is 92.8 Å². The van der Waals surface area contributed by atoms with Crippen LogP contribution in [0.1, 0.15) is 149 Å². The van der Waals surface area contributed by atoms with E-state index in [0.717, 1.165) is 78.0 Å². The summed E-state index contributed by atoms with van der Waals surface area (Å²) in [5, 5.41) is 23.7. The van der Waals surface area contributed by atoms with Crippen molar-refractivity contribution in [2.24, 2.45) is 5.41 Å². The van der Waals surface area contributed by atoms with E-state index in [2.05, 4.69) is 46.1 Å². The third-order valence-electron chi connectivity index (χ3n) is 14.5. The molecule has 0 aliphatic carbocycles. The fraction of sp³-hybridized carbons (Fsp3) is 0.534. The van der Waals surface area contributed by atoms with Gasteiger partial charge in [-0.15, -0.1) is 11.3 Å². The molecule has 0 bridgehead atoms. The number of amides is 5. The zero-order chi connectivity index (χ0) is 55.8. The summed E-state index contributed by atoms with van der Waals surface area (Å²) in [4.78, 5) is 91.8. The van der Waals surface area contributed by atoms with Crippen LogP contribution in [0.25, 0.3) is 10.4 Å². The molecule has 2 aromatic carbocycles. The molecule has 2 aliphatic heterocycles. The van der Waals surface area contributed by atoms with E-state index in [0.29, 0.717) is 71.4 Å². The van der Waals surface area contributed by atoms with Crippen LogP contribution in [-0.4, -0.2) is 115 Å². The number of carbonyl (C=O) groups is 5. The number of likely N-dealkylation sites (tertiary alicyclic amines) is 1. The molecule has 2 fully saturated rings. The van der Waals surface area contributed by atoms with Crippen LogP contribution >= 0.6 is 34.3 Å². The molecule has 3 atom stereocenters. The number of halogens is 1. The summed E-state index contributed by atoms with van der Waals surface area (Å²) in [7, 11) is 0. The lowest BCUT2D eigenvalue weighted by molar-refractivity contribution is -0.144. The first-order valence-corrected chi connectivity index (χ1v) is 29.7. The van der Waals surface area contributed by atoms with E-state index >= 15 is 0 Å². The topological polar surface area (TPSA) is 215 Å². The van der Waals surface area contributed by atoms with E-state index in [1.807, 2.05) is 94.4 Å². The molecule has 1 unspecified atom stereocenters. The van der Waals surface area contributed by atoms with Gasteiger partial charge < -0.3 is 41.1 Å². The fourth-order valence-electron chi connectivity index (χ4n) is 9.98. The van der Waals surface area contributed by atoms with Gasteiger partial charge in [0, 0.05) is 64.6 Å². The standard InChI is InChI=1S/C58H78ClN11O6S2/c1-38-20-19-21-44(59)51(38)67-55(75)46-35-61-57(78-46)65-47-33-48(64-40(3)63-47)68-28-30-69(31-29-68)50(73)23-18-16-14-12-10-8-7-9-11-13-15-17-22-49(72)66-53(58(4,5)6)56(76)70-36-43(71)32-45(70)54(74)60-34-41-24-26-42(27-25-41)52-39(2)62-37-77-52/h19-21,24-27,33,35,37,43,45,53,71H,7-18,22-23,28-32,34,36H2,1-6H3,(H,60,74)(H,66,72)(H,67,75)(H,61,63,64,65)/t43-,45+,53?/m1/s1. The molecule has 0 saturated carbocycles. The summed E-state index contributed by atoms with van der Waals surface area (Å²) in [6, 6.07) is 13.6. The predicted molar refractivity (Wildman–Crippen MR) is 311 cm³/mol. The number of hydrogen-bond acceptors (Lipinski definition) is 14. The molecule has 2 saturated heterocycles. The maximum Gasteiger partial charge on any atom is 0.267 e. The van der Waals surface area contributed by atoms with Gasteiger partial charge >= 0.3 is 0 Å². The highest BCUT2D eigenvalue weighted by Crippen LogP contribution is 2.31. The number of nitrogens with zero attached hydrogens (tertiary/aromatic N) is 7. The van der Waals surface area contributed by atoms with Crippen LogP contribution in [0.3, 0.4) is 0 Å². The Morgan fingerprint density at radius 2 is 1.47 bits per heavy atom. The Kier molecular flexibility index (Phi) is 22.0. The lowest BCUT2D eigenvalue weighted by Gasteiger charge is -2.35. The molecule has 7 rings (SSSR count). The van der Waals surface area contributed by atoms with Gasteiger partial charge in [0.2, 0.25) is 23.6 Å². The molecule has 5 N–H and O–H groups in total. The Labute approximate surface area is 472 Å². The number of rotatable bonds is 26. The second kappa shape index (κ2) is 28.7. The van der Waals surface area contributed by atoms with Crippen molar-refractivity contribution in [1.29, 1.82) is 0 Å². The first-order valence-electron chi connectivity index (χ1n) is 27.7. The monoisotopic (exact) mass is 1120 g/mol. The zero-order valence-electron chi connectivity index (χ0n) is 46.2. The second-order valence-electron chi connectivity index (χ2n) is 21.8. The molecule has 5 amide bonds. The summed E-state index contributed by atoms with van der Waals surface area (Å²) in [6.45, 7) is 14.4. The van der Waals surface area contributed by atoms with Crippen molar-refractivity contribution in [2.45, 2.75) is 163 Å². The fourth-order valence-corrected chi connectivity index (χ4v) is 11.8. The maximum atomic E-state index is 14.0. The van der Waals surface area contributed by atoms with Gasteiger partial charge in [-0.3, -0.25) is 24.0 Å². The van der Waals surface area contributed by atoms with Crippen molar-refractivity contribution < 1.29 is 29.1 Å². The van der Waals surface area contributed by atoms with E-state index in [9.17, 15) is 29.1 Å². The van der Waals surface area contributed by atoms with E-state index in [-0.39, 0.29) is 49.0 Å². The smallest absolute Gasteiger partial charge is 0.267 e. The lowest BCUT2D eigenvalue weighted by atomic mass is 9.85. The van der Waals surface area contributed by atoms with Crippen LogP contribution in [0.2, 0.25) is 5.02 Å². The Morgan fingerprint density at radius 1 is 0.821 bits per heavy atom. The van der Waals surface area contributed by atoms with Gasteiger partial charge in [0.05, 0.1) is 39.1 Å². The van der Waals surface area contributed by atoms with Gasteiger partial charge in [-0.05, 0) is 61.8 Å². The molecule has 5 aromatic rings. The molecule has 17 nitrogen and oxygen atoms in total. The molecular weight excluding hydrogens is 1050 g/mol. The first-order chi connectivity index (χ1) is 37.4. The maximum absolute atomic E-state index is 14.0. The number of piperazine rings is 1. The Hall–Kier alpha value is -6.02. The predicted octanol–water partition coefficient (Wildman–Crippen LogP) is 10.6. The summed E-state index contributed by atoms with van der Waals surface area (Å²) in [5.74, 6) is 1.02. The third-order valence-corrected chi connectivity index (χ3v) is 16.7. The van der Waals surface area contributed by atoms with Crippen LogP contribution < -0.4 is 26.2 Å². The molecule has 3 aromatic heterocycles. The largest absolute Gasteiger partial charge is 0.391 e. The number of nitrogens with one attached hydrogen (secondary N) is 4. The number of unbranched alkanes of at least 4 members (excludes halogenated alkanes) is 11. The van der Waals surface area contributed by atoms with Gasteiger partial charge in [0.15, 0.2) is 5.13 Å². The normalized spacial score (nSPS) is 16.0. The number of aliphatic hydroxyl groups excluding tert-OH is 1. The van der Waals surface area contributed by atoms with Crippen molar-refractivity contribution in [1.82, 2.24) is 40.4 Å². The Morgan fingerprint density at radius 3 is 2.10 bits per heavy atom. The molecule has 5 heterocycles. The quantitative estimate of drug-likeness (QED) is 0.0327. The molecule has 420 valence electrons. The minimum Gasteiger partial charge on any atom is -0.391 e. The summed E-state index contributed by atoms with van der Waals surface area (Å²) in [6.07, 6.45) is 14.6. The number of para-hydroxylation sites is 1. The highest BCUT2D eigenvalue weighted by molar-refractivity contribution is 7.17.